The quantitative estimate of drug-likeness (QED) is 0.533. The van der Waals surface area contributed by atoms with Gasteiger partial charge in [-0.2, -0.15) is 0 Å². The Bertz CT molecular complexity index is 1080. The summed E-state index contributed by atoms with van der Waals surface area (Å²) in [4.78, 5) is 38.2. The van der Waals surface area contributed by atoms with Gasteiger partial charge >= 0.3 is 5.97 Å². The molecule has 0 unspecified atom stereocenters. The minimum absolute atomic E-state index is 0.0890. The number of pyridine rings is 1. The van der Waals surface area contributed by atoms with Crippen molar-refractivity contribution in [3.63, 3.8) is 0 Å². The lowest BCUT2D eigenvalue weighted by Crippen LogP contribution is -2.23. The first kappa shape index (κ1) is 14.4. The van der Waals surface area contributed by atoms with E-state index in [4.69, 9.17) is 4.74 Å². The van der Waals surface area contributed by atoms with Crippen molar-refractivity contribution in [3.8, 4) is 11.3 Å². The molecule has 118 valence electrons. The van der Waals surface area contributed by atoms with Crippen molar-refractivity contribution >= 4 is 22.8 Å². The van der Waals surface area contributed by atoms with Crippen molar-refractivity contribution in [1.82, 2.24) is 4.57 Å². The molecule has 0 radical (unpaired) electrons. The number of rotatable bonds is 2. The number of benzene rings is 2. The maximum absolute atomic E-state index is 12.9. The van der Waals surface area contributed by atoms with E-state index in [-0.39, 0.29) is 18.1 Å². The lowest BCUT2D eigenvalue weighted by atomic mass is 10.0. The van der Waals surface area contributed by atoms with Crippen LogP contribution in [0.4, 0.5) is 0 Å². The lowest BCUT2D eigenvalue weighted by molar-refractivity contribution is 0.0525. The average Bonchev–Trinajstić information content (AvgIpc) is 2.89. The number of para-hydroxylation sites is 1. The van der Waals surface area contributed by atoms with E-state index in [0.29, 0.717) is 27.7 Å². The van der Waals surface area contributed by atoms with Gasteiger partial charge in [0, 0.05) is 16.5 Å². The summed E-state index contributed by atoms with van der Waals surface area (Å²) < 4.78 is 6.51. The maximum atomic E-state index is 12.9. The lowest BCUT2D eigenvalue weighted by Gasteiger charge is -2.12. The number of esters is 1. The minimum atomic E-state index is -0.707. The molecule has 0 aliphatic carbocycles. The van der Waals surface area contributed by atoms with Crippen LogP contribution >= 0.6 is 0 Å². The maximum Gasteiger partial charge on any atom is 0.344 e. The van der Waals surface area contributed by atoms with Gasteiger partial charge in [-0.05, 0) is 25.1 Å². The molecule has 0 saturated carbocycles. The van der Waals surface area contributed by atoms with Crippen molar-refractivity contribution in [3.05, 3.63) is 69.9 Å². The predicted octanol–water partition coefficient (Wildman–Crippen LogP) is 2.85. The number of ether oxygens (including phenoxy) is 1. The van der Waals surface area contributed by atoms with Crippen LogP contribution in [-0.2, 0) is 4.74 Å². The molecule has 0 bridgehead atoms. The smallest absolute Gasteiger partial charge is 0.344 e. The zero-order chi connectivity index (χ0) is 16.8. The number of carbonyl (C=O) groups excluding carboxylic acids is 2. The molecule has 2 aromatic carbocycles. The third kappa shape index (κ3) is 1.78. The number of aromatic nitrogens is 1. The SMILES string of the molecule is CCOC(=O)c1c2n(c3ccccc3c1=O)C(=O)c1ccccc1-2. The Morgan fingerprint density at radius 3 is 2.42 bits per heavy atom. The fourth-order valence-electron chi connectivity index (χ4n) is 3.19. The van der Waals surface area contributed by atoms with Gasteiger partial charge in [-0.3, -0.25) is 14.2 Å². The van der Waals surface area contributed by atoms with Crippen LogP contribution in [0.1, 0.15) is 27.6 Å². The van der Waals surface area contributed by atoms with Crippen LogP contribution in [0.3, 0.4) is 0 Å². The summed E-state index contributed by atoms with van der Waals surface area (Å²) in [5.74, 6) is -0.955. The molecule has 0 amide bonds. The summed E-state index contributed by atoms with van der Waals surface area (Å²) in [5.41, 5.74) is 1.35. The van der Waals surface area contributed by atoms with Crippen LogP contribution in [0.25, 0.3) is 22.2 Å². The Morgan fingerprint density at radius 1 is 1.00 bits per heavy atom. The molecule has 0 N–H and O–H groups in total. The summed E-state index contributed by atoms with van der Waals surface area (Å²) in [6.45, 7) is 1.83. The second-order valence-electron chi connectivity index (χ2n) is 5.48. The van der Waals surface area contributed by atoms with Crippen molar-refractivity contribution in [1.29, 1.82) is 0 Å². The molecule has 5 nitrogen and oxygen atoms in total. The highest BCUT2D eigenvalue weighted by molar-refractivity contribution is 6.16. The van der Waals surface area contributed by atoms with E-state index in [1.54, 1.807) is 55.5 Å². The van der Waals surface area contributed by atoms with Crippen molar-refractivity contribution in [2.24, 2.45) is 0 Å². The zero-order valence-electron chi connectivity index (χ0n) is 12.9. The third-order valence-corrected chi connectivity index (χ3v) is 4.17. The van der Waals surface area contributed by atoms with E-state index in [1.807, 2.05) is 0 Å². The van der Waals surface area contributed by atoms with Crippen LogP contribution in [0.5, 0.6) is 0 Å². The third-order valence-electron chi connectivity index (χ3n) is 4.17. The molecule has 24 heavy (non-hydrogen) atoms. The Kier molecular flexibility index (Phi) is 3.09. The second-order valence-corrected chi connectivity index (χ2v) is 5.48. The Labute approximate surface area is 137 Å². The normalized spacial score (nSPS) is 12.1. The first-order chi connectivity index (χ1) is 11.6. The van der Waals surface area contributed by atoms with Gasteiger partial charge in [-0.15, -0.1) is 0 Å². The van der Waals surface area contributed by atoms with Gasteiger partial charge in [0.2, 0.25) is 5.43 Å². The Hall–Kier alpha value is -3.21. The van der Waals surface area contributed by atoms with E-state index in [0.717, 1.165) is 0 Å². The van der Waals surface area contributed by atoms with Crippen LogP contribution in [0.15, 0.2) is 53.3 Å². The molecule has 4 rings (SSSR count). The molecular formula is C19H13NO4. The zero-order valence-corrected chi connectivity index (χ0v) is 12.9. The van der Waals surface area contributed by atoms with Gasteiger partial charge in [0.15, 0.2) is 0 Å². The van der Waals surface area contributed by atoms with Gasteiger partial charge in [-0.1, -0.05) is 30.3 Å². The van der Waals surface area contributed by atoms with Crippen LogP contribution in [0, 0.1) is 0 Å². The number of fused-ring (bicyclic) bond motifs is 5. The summed E-state index contributed by atoms with van der Waals surface area (Å²) in [6.07, 6.45) is 0. The highest BCUT2D eigenvalue weighted by atomic mass is 16.5. The van der Waals surface area contributed by atoms with Crippen LogP contribution < -0.4 is 5.43 Å². The van der Waals surface area contributed by atoms with Crippen molar-refractivity contribution in [2.45, 2.75) is 6.92 Å². The van der Waals surface area contributed by atoms with E-state index in [1.165, 1.54) is 4.57 Å². The molecule has 0 atom stereocenters. The fraction of sp³-hybridized carbons (Fsp3) is 0.105. The standard InChI is InChI=1S/C19H13NO4/c1-2-24-19(23)15-16-11-7-3-4-8-12(11)18(22)20(16)14-10-6-5-9-13(14)17(15)21/h3-10H,2H2,1H3. The molecule has 2 heterocycles. The van der Waals surface area contributed by atoms with Crippen LogP contribution in [0.2, 0.25) is 0 Å². The first-order valence-corrected chi connectivity index (χ1v) is 7.64. The van der Waals surface area contributed by atoms with Gasteiger partial charge in [0.1, 0.15) is 5.56 Å². The molecule has 0 saturated heterocycles. The van der Waals surface area contributed by atoms with E-state index in [9.17, 15) is 14.4 Å². The van der Waals surface area contributed by atoms with E-state index >= 15 is 0 Å². The van der Waals surface area contributed by atoms with Gasteiger partial charge < -0.3 is 4.74 Å². The van der Waals surface area contributed by atoms with Crippen molar-refractivity contribution in [2.75, 3.05) is 6.61 Å². The molecule has 0 spiro atoms. The molecule has 5 heteroatoms. The Balaban J connectivity index is 2.22. The highest BCUT2D eigenvalue weighted by Crippen LogP contribution is 2.35. The molecule has 1 aromatic heterocycles. The topological polar surface area (TPSA) is 65.4 Å². The van der Waals surface area contributed by atoms with Crippen molar-refractivity contribution < 1.29 is 14.3 Å². The fourth-order valence-corrected chi connectivity index (χ4v) is 3.19. The monoisotopic (exact) mass is 319 g/mol. The number of hydrogen-bond acceptors (Lipinski definition) is 4. The van der Waals surface area contributed by atoms with E-state index < -0.39 is 11.4 Å². The number of nitrogens with zero attached hydrogens (tertiary/aromatic N) is 1. The van der Waals surface area contributed by atoms with Gasteiger partial charge in [-0.25, -0.2) is 4.79 Å². The minimum Gasteiger partial charge on any atom is -0.462 e. The Morgan fingerprint density at radius 2 is 1.67 bits per heavy atom. The second kappa shape index (κ2) is 5.16. The number of hydrogen-bond donors (Lipinski definition) is 0. The largest absolute Gasteiger partial charge is 0.462 e. The first-order valence-electron chi connectivity index (χ1n) is 7.64. The van der Waals surface area contributed by atoms with Gasteiger partial charge in [0.25, 0.3) is 5.91 Å². The molecular weight excluding hydrogens is 306 g/mol. The highest BCUT2D eigenvalue weighted by Gasteiger charge is 2.34. The molecule has 0 fully saturated rings. The summed E-state index contributed by atoms with van der Waals surface area (Å²) in [6, 6.07) is 13.8. The van der Waals surface area contributed by atoms with E-state index in [2.05, 4.69) is 0 Å². The summed E-state index contributed by atoms with van der Waals surface area (Å²) in [7, 11) is 0. The van der Waals surface area contributed by atoms with Crippen LogP contribution in [-0.4, -0.2) is 23.1 Å². The summed E-state index contributed by atoms with van der Waals surface area (Å²) in [5, 5.41) is 0.324. The van der Waals surface area contributed by atoms with Gasteiger partial charge in [0.05, 0.1) is 17.8 Å². The summed E-state index contributed by atoms with van der Waals surface area (Å²) >= 11 is 0. The predicted molar refractivity (Wildman–Crippen MR) is 89.3 cm³/mol. The number of carbonyl (C=O) groups is 2. The molecule has 1 aliphatic rings. The molecule has 1 aliphatic heterocycles. The molecule has 3 aromatic rings. The average molecular weight is 319 g/mol.